The minimum Gasteiger partial charge on any atom is -0.291 e. The molecule has 0 bridgehead atoms. The van der Waals surface area contributed by atoms with Crippen LogP contribution in [0.25, 0.3) is 0 Å². The molecule has 4 nitrogen and oxygen atoms in total. The molecule has 0 saturated heterocycles. The summed E-state index contributed by atoms with van der Waals surface area (Å²) >= 11 is 0. The molecule has 0 saturated carbocycles. The van der Waals surface area contributed by atoms with Crippen molar-refractivity contribution in [1.29, 1.82) is 0 Å². The summed E-state index contributed by atoms with van der Waals surface area (Å²) < 4.78 is 0. The molecular weight excluding hydrogens is 208 g/mol. The SMILES string of the molecule is O=[C]CCC(=O)C(=O)c1ccccc1[C]=O. The van der Waals surface area contributed by atoms with E-state index in [0.29, 0.717) is 0 Å². The number of ketones is 2. The van der Waals surface area contributed by atoms with Gasteiger partial charge >= 0.3 is 0 Å². The first-order chi connectivity index (χ1) is 7.70. The van der Waals surface area contributed by atoms with Crippen molar-refractivity contribution in [3.63, 3.8) is 0 Å². The number of Topliss-reactive ketones (excluding diaryl/α,β-unsaturated/α-hetero) is 2. The Morgan fingerprint density at radius 3 is 2.44 bits per heavy atom. The fourth-order valence-corrected chi connectivity index (χ4v) is 1.20. The Labute approximate surface area is 92.3 Å². The first-order valence-corrected chi connectivity index (χ1v) is 4.60. The first-order valence-electron chi connectivity index (χ1n) is 4.60. The molecule has 0 fully saturated rings. The normalized spacial score (nSPS) is 9.50. The van der Waals surface area contributed by atoms with Crippen molar-refractivity contribution in [2.24, 2.45) is 0 Å². The standard InChI is InChI=1S/C12H8O4/c13-7-3-6-11(15)12(16)10-5-2-1-4-9(10)8-14/h1-2,4-5H,3,6H2. The third kappa shape index (κ3) is 2.70. The Morgan fingerprint density at radius 1 is 1.12 bits per heavy atom. The van der Waals surface area contributed by atoms with Gasteiger partial charge in [-0.05, 0) is 0 Å². The summed E-state index contributed by atoms with van der Waals surface area (Å²) in [5.74, 6) is -1.47. The molecule has 0 amide bonds. The fraction of sp³-hybridized carbons (Fsp3) is 0.167. The van der Waals surface area contributed by atoms with Gasteiger partial charge in [-0.15, -0.1) is 0 Å². The van der Waals surface area contributed by atoms with E-state index in [-0.39, 0.29) is 24.0 Å². The lowest BCUT2D eigenvalue weighted by molar-refractivity contribution is -0.115. The molecule has 4 heteroatoms. The predicted octanol–water partition coefficient (Wildman–Crippen LogP) is 0.786. The summed E-state index contributed by atoms with van der Waals surface area (Å²) in [6, 6.07) is 5.90. The van der Waals surface area contributed by atoms with Crippen LogP contribution in [-0.2, 0) is 14.4 Å². The average Bonchev–Trinajstić information content (AvgIpc) is 2.34. The molecule has 16 heavy (non-hydrogen) atoms. The van der Waals surface area contributed by atoms with Gasteiger partial charge in [0.15, 0.2) is 6.29 Å². The largest absolute Gasteiger partial charge is 0.291 e. The molecule has 0 aromatic heterocycles. The van der Waals surface area contributed by atoms with E-state index >= 15 is 0 Å². The molecule has 0 N–H and O–H groups in total. The molecule has 0 spiro atoms. The lowest BCUT2D eigenvalue weighted by Gasteiger charge is -2.00. The maximum atomic E-state index is 11.6. The van der Waals surface area contributed by atoms with Crippen LogP contribution >= 0.6 is 0 Å². The second kappa shape index (κ2) is 5.70. The van der Waals surface area contributed by atoms with Crippen molar-refractivity contribution >= 4 is 24.1 Å². The van der Waals surface area contributed by atoms with Crippen LogP contribution in [0.2, 0.25) is 0 Å². The van der Waals surface area contributed by atoms with Crippen LogP contribution in [-0.4, -0.2) is 24.1 Å². The first kappa shape index (κ1) is 12.0. The van der Waals surface area contributed by atoms with Crippen molar-refractivity contribution < 1.29 is 19.2 Å². The van der Waals surface area contributed by atoms with E-state index in [1.165, 1.54) is 18.4 Å². The van der Waals surface area contributed by atoms with Crippen molar-refractivity contribution in [2.45, 2.75) is 12.8 Å². The highest BCUT2D eigenvalue weighted by molar-refractivity contribution is 6.44. The van der Waals surface area contributed by atoms with Gasteiger partial charge in [-0.2, -0.15) is 0 Å². The number of carbonyl (C=O) groups is 2. The van der Waals surface area contributed by atoms with E-state index in [0.717, 1.165) is 0 Å². The van der Waals surface area contributed by atoms with Gasteiger partial charge in [0, 0.05) is 24.0 Å². The molecule has 2 radical (unpaired) electrons. The summed E-state index contributed by atoms with van der Waals surface area (Å²) in [4.78, 5) is 43.3. The van der Waals surface area contributed by atoms with Crippen molar-refractivity contribution in [3.8, 4) is 0 Å². The Bertz CT molecular complexity index is 434. The Hall–Kier alpha value is -2.10. The highest BCUT2D eigenvalue weighted by atomic mass is 16.2. The second-order valence-corrected chi connectivity index (χ2v) is 3.04. The predicted molar refractivity (Wildman–Crippen MR) is 55.5 cm³/mol. The molecule has 1 aromatic rings. The zero-order valence-corrected chi connectivity index (χ0v) is 8.36. The van der Waals surface area contributed by atoms with Gasteiger partial charge < -0.3 is 0 Å². The number of benzene rings is 1. The van der Waals surface area contributed by atoms with E-state index < -0.39 is 11.6 Å². The van der Waals surface area contributed by atoms with E-state index in [2.05, 4.69) is 0 Å². The number of carbonyl (C=O) groups excluding carboxylic acids is 4. The van der Waals surface area contributed by atoms with Gasteiger partial charge in [-0.1, -0.05) is 24.3 Å². The van der Waals surface area contributed by atoms with Crippen molar-refractivity contribution in [3.05, 3.63) is 35.4 Å². The van der Waals surface area contributed by atoms with Gasteiger partial charge in [0.05, 0.1) is 0 Å². The van der Waals surface area contributed by atoms with Gasteiger partial charge in [-0.3, -0.25) is 19.2 Å². The quantitative estimate of drug-likeness (QED) is 0.520. The minimum absolute atomic E-state index is 0.0217. The summed E-state index contributed by atoms with van der Waals surface area (Å²) in [6.07, 6.45) is 2.82. The monoisotopic (exact) mass is 216 g/mol. The zero-order valence-electron chi connectivity index (χ0n) is 8.36. The Kier molecular flexibility index (Phi) is 4.27. The van der Waals surface area contributed by atoms with Crippen LogP contribution in [0.5, 0.6) is 0 Å². The zero-order chi connectivity index (χ0) is 12.0. The molecule has 0 aliphatic rings. The third-order valence-corrected chi connectivity index (χ3v) is 1.99. The van der Waals surface area contributed by atoms with E-state index in [4.69, 9.17) is 0 Å². The van der Waals surface area contributed by atoms with Crippen LogP contribution in [0.1, 0.15) is 28.8 Å². The minimum atomic E-state index is -0.769. The summed E-state index contributed by atoms with van der Waals surface area (Å²) in [5, 5.41) is 0. The Balaban J connectivity index is 2.91. The average molecular weight is 216 g/mol. The molecule has 0 aliphatic heterocycles. The number of hydrogen-bond acceptors (Lipinski definition) is 4. The molecule has 80 valence electrons. The van der Waals surface area contributed by atoms with Crippen LogP contribution in [0, 0.1) is 0 Å². The third-order valence-electron chi connectivity index (χ3n) is 1.99. The highest BCUT2D eigenvalue weighted by Gasteiger charge is 2.18. The molecule has 0 aliphatic carbocycles. The van der Waals surface area contributed by atoms with Crippen molar-refractivity contribution in [1.82, 2.24) is 0 Å². The number of rotatable bonds is 6. The molecular formula is C12H8O4. The Morgan fingerprint density at radius 2 is 1.81 bits per heavy atom. The molecule has 0 atom stereocenters. The van der Waals surface area contributed by atoms with Crippen molar-refractivity contribution in [2.75, 3.05) is 0 Å². The fourth-order valence-electron chi connectivity index (χ4n) is 1.20. The van der Waals surface area contributed by atoms with E-state index in [9.17, 15) is 19.2 Å². The van der Waals surface area contributed by atoms with Crippen LogP contribution in [0.4, 0.5) is 0 Å². The second-order valence-electron chi connectivity index (χ2n) is 3.04. The van der Waals surface area contributed by atoms with E-state index in [1.807, 2.05) is 0 Å². The van der Waals surface area contributed by atoms with Gasteiger partial charge in [0.25, 0.3) is 0 Å². The lowest BCUT2D eigenvalue weighted by atomic mass is 10.00. The molecule has 0 heterocycles. The smallest absolute Gasteiger partial charge is 0.234 e. The number of hydrogen-bond donors (Lipinski definition) is 0. The van der Waals surface area contributed by atoms with Crippen LogP contribution in [0.3, 0.4) is 0 Å². The summed E-state index contributed by atoms with van der Waals surface area (Å²) in [7, 11) is 0. The summed E-state index contributed by atoms with van der Waals surface area (Å²) in [5.41, 5.74) is 0.0735. The maximum absolute atomic E-state index is 11.6. The van der Waals surface area contributed by atoms with Crippen LogP contribution in [0.15, 0.2) is 24.3 Å². The maximum Gasteiger partial charge on any atom is 0.234 e. The van der Waals surface area contributed by atoms with Gasteiger partial charge in [-0.25, -0.2) is 0 Å². The molecule has 1 rings (SSSR count). The topological polar surface area (TPSA) is 68.3 Å². The molecule has 0 unspecified atom stereocenters. The van der Waals surface area contributed by atoms with Crippen LogP contribution < -0.4 is 0 Å². The molecule has 1 aromatic carbocycles. The summed E-state index contributed by atoms with van der Waals surface area (Å²) in [6.45, 7) is 0. The van der Waals surface area contributed by atoms with Gasteiger partial charge in [0.2, 0.25) is 17.9 Å². The van der Waals surface area contributed by atoms with Gasteiger partial charge in [0.1, 0.15) is 0 Å². The van der Waals surface area contributed by atoms with E-state index in [1.54, 1.807) is 18.4 Å². The lowest BCUT2D eigenvalue weighted by Crippen LogP contribution is -2.15. The highest BCUT2D eigenvalue weighted by Crippen LogP contribution is 2.09.